The molecule has 0 aliphatic carbocycles. The molecule has 0 aliphatic heterocycles. The lowest BCUT2D eigenvalue weighted by Crippen LogP contribution is -2.03. The number of hydrogen-bond donors (Lipinski definition) is 2. The summed E-state index contributed by atoms with van der Waals surface area (Å²) < 4.78 is 24.6. The van der Waals surface area contributed by atoms with Gasteiger partial charge >= 0.3 is 0 Å². The molecule has 4 N–H and O–H groups in total. The second-order valence-corrected chi connectivity index (χ2v) is 7.91. The fourth-order valence-electron chi connectivity index (χ4n) is 2.76. The standard InChI is InChI=1S/C18H15N5O2S2/c19-26(24)14-6-4-12(5-7-14)17-11-21-18-9-8-16(22-23(17)18)13-2-1-3-15(10-13)27(20)25/h1-11H,19-20H2. The maximum Gasteiger partial charge on any atom is 0.154 e. The van der Waals surface area contributed by atoms with Crippen LogP contribution < -0.4 is 10.3 Å². The minimum atomic E-state index is -1.55. The van der Waals surface area contributed by atoms with Crippen molar-refractivity contribution >= 4 is 27.6 Å². The molecule has 4 aromatic rings. The van der Waals surface area contributed by atoms with E-state index in [1.54, 1.807) is 41.0 Å². The van der Waals surface area contributed by atoms with Crippen molar-refractivity contribution in [2.45, 2.75) is 9.79 Å². The number of aromatic nitrogens is 3. The van der Waals surface area contributed by atoms with Crippen LogP contribution in [0.2, 0.25) is 0 Å². The maximum atomic E-state index is 11.5. The Bertz CT molecular complexity index is 1190. The Labute approximate surface area is 160 Å². The van der Waals surface area contributed by atoms with E-state index < -0.39 is 22.0 Å². The summed E-state index contributed by atoms with van der Waals surface area (Å²) in [7, 11) is -3.07. The van der Waals surface area contributed by atoms with Crippen LogP contribution in [0.1, 0.15) is 0 Å². The van der Waals surface area contributed by atoms with Crippen molar-refractivity contribution in [3.05, 3.63) is 66.9 Å². The summed E-state index contributed by atoms with van der Waals surface area (Å²) in [5.74, 6) is 0. The summed E-state index contributed by atoms with van der Waals surface area (Å²) in [5, 5.41) is 15.5. The third-order valence-corrected chi connectivity index (χ3v) is 5.56. The van der Waals surface area contributed by atoms with Gasteiger partial charge in [0.15, 0.2) is 5.65 Å². The molecule has 0 aliphatic rings. The molecule has 7 nitrogen and oxygen atoms in total. The van der Waals surface area contributed by atoms with Gasteiger partial charge in [0.25, 0.3) is 0 Å². The van der Waals surface area contributed by atoms with E-state index in [0.29, 0.717) is 21.1 Å². The van der Waals surface area contributed by atoms with Gasteiger partial charge in [0.2, 0.25) is 0 Å². The van der Waals surface area contributed by atoms with E-state index in [-0.39, 0.29) is 0 Å². The molecule has 2 aromatic heterocycles. The molecule has 0 fully saturated rings. The highest BCUT2D eigenvalue weighted by atomic mass is 32.2. The van der Waals surface area contributed by atoms with E-state index >= 15 is 0 Å². The second kappa shape index (κ2) is 7.12. The van der Waals surface area contributed by atoms with Crippen LogP contribution in [0.5, 0.6) is 0 Å². The monoisotopic (exact) mass is 397 g/mol. The number of nitrogens with two attached hydrogens (primary N) is 2. The van der Waals surface area contributed by atoms with E-state index in [2.05, 4.69) is 10.1 Å². The summed E-state index contributed by atoms with van der Waals surface area (Å²) in [4.78, 5) is 5.46. The summed E-state index contributed by atoms with van der Waals surface area (Å²) in [6, 6.07) is 18.0. The van der Waals surface area contributed by atoms with Gasteiger partial charge in [-0.3, -0.25) is 0 Å². The Kier molecular flexibility index (Phi) is 4.66. The molecule has 136 valence electrons. The Morgan fingerprint density at radius 3 is 2.26 bits per heavy atom. The Morgan fingerprint density at radius 2 is 1.56 bits per heavy atom. The van der Waals surface area contributed by atoms with Gasteiger partial charge in [-0.15, -0.1) is 0 Å². The third-order valence-electron chi connectivity index (χ3n) is 4.11. The van der Waals surface area contributed by atoms with Crippen LogP contribution >= 0.6 is 0 Å². The smallest absolute Gasteiger partial charge is 0.154 e. The van der Waals surface area contributed by atoms with Crippen molar-refractivity contribution in [2.24, 2.45) is 10.3 Å². The van der Waals surface area contributed by atoms with Crippen molar-refractivity contribution < 1.29 is 8.42 Å². The van der Waals surface area contributed by atoms with Crippen molar-refractivity contribution in [2.75, 3.05) is 0 Å². The van der Waals surface area contributed by atoms with E-state index in [9.17, 15) is 8.42 Å². The van der Waals surface area contributed by atoms with E-state index in [1.807, 2.05) is 30.3 Å². The van der Waals surface area contributed by atoms with Gasteiger partial charge in [-0.05, 0) is 36.4 Å². The average Bonchev–Trinajstić information content (AvgIpc) is 3.11. The van der Waals surface area contributed by atoms with Crippen LogP contribution in [0.3, 0.4) is 0 Å². The van der Waals surface area contributed by atoms with Crippen LogP contribution in [-0.2, 0) is 22.0 Å². The predicted molar refractivity (Wildman–Crippen MR) is 105 cm³/mol. The summed E-state index contributed by atoms with van der Waals surface area (Å²) in [6.07, 6.45) is 1.73. The Hall–Kier alpha value is -2.72. The molecule has 4 rings (SSSR count). The molecule has 27 heavy (non-hydrogen) atoms. The molecule has 2 unspecified atom stereocenters. The molecule has 0 radical (unpaired) electrons. The van der Waals surface area contributed by atoms with Crippen LogP contribution in [0.25, 0.3) is 28.2 Å². The average molecular weight is 397 g/mol. The van der Waals surface area contributed by atoms with E-state index in [0.717, 1.165) is 16.8 Å². The third kappa shape index (κ3) is 3.45. The molecule has 0 spiro atoms. The van der Waals surface area contributed by atoms with Crippen molar-refractivity contribution in [3.63, 3.8) is 0 Å². The van der Waals surface area contributed by atoms with Crippen LogP contribution in [-0.4, -0.2) is 23.0 Å². The number of fused-ring (bicyclic) bond motifs is 1. The topological polar surface area (TPSA) is 116 Å². The van der Waals surface area contributed by atoms with Crippen LogP contribution in [0.15, 0.2) is 76.7 Å². The summed E-state index contributed by atoms with van der Waals surface area (Å²) in [5.41, 5.74) is 3.87. The largest absolute Gasteiger partial charge is 0.248 e. The van der Waals surface area contributed by atoms with E-state index in [4.69, 9.17) is 10.3 Å². The molecule has 0 saturated heterocycles. The molecule has 2 atom stereocenters. The summed E-state index contributed by atoms with van der Waals surface area (Å²) >= 11 is 0. The van der Waals surface area contributed by atoms with Gasteiger partial charge < -0.3 is 0 Å². The first-order chi connectivity index (χ1) is 13.0. The zero-order chi connectivity index (χ0) is 19.0. The first-order valence-electron chi connectivity index (χ1n) is 7.91. The number of nitrogens with zero attached hydrogens (tertiary/aromatic N) is 3. The lowest BCUT2D eigenvalue weighted by Gasteiger charge is -2.06. The molecule has 0 bridgehead atoms. The van der Waals surface area contributed by atoms with Crippen LogP contribution in [0, 0.1) is 0 Å². The van der Waals surface area contributed by atoms with Gasteiger partial charge in [0, 0.05) is 11.1 Å². The highest BCUT2D eigenvalue weighted by Crippen LogP contribution is 2.24. The summed E-state index contributed by atoms with van der Waals surface area (Å²) in [6.45, 7) is 0. The first kappa shape index (κ1) is 17.7. The Balaban J connectivity index is 1.81. The highest BCUT2D eigenvalue weighted by Gasteiger charge is 2.10. The molecule has 2 heterocycles. The zero-order valence-electron chi connectivity index (χ0n) is 14.0. The fourth-order valence-corrected chi connectivity index (χ4v) is 3.62. The van der Waals surface area contributed by atoms with Crippen molar-refractivity contribution in [1.29, 1.82) is 0 Å². The molecule has 2 aromatic carbocycles. The predicted octanol–water partition coefficient (Wildman–Crippen LogP) is 2.03. The zero-order valence-corrected chi connectivity index (χ0v) is 15.6. The maximum absolute atomic E-state index is 11.5. The van der Waals surface area contributed by atoms with Crippen molar-refractivity contribution in [1.82, 2.24) is 14.6 Å². The number of hydrogen-bond acceptors (Lipinski definition) is 4. The van der Waals surface area contributed by atoms with Gasteiger partial charge in [-0.2, -0.15) is 5.10 Å². The fraction of sp³-hybridized carbons (Fsp3) is 0. The molecule has 0 amide bonds. The molecule has 9 heteroatoms. The minimum Gasteiger partial charge on any atom is -0.248 e. The molecular weight excluding hydrogens is 382 g/mol. The Morgan fingerprint density at radius 1 is 0.815 bits per heavy atom. The van der Waals surface area contributed by atoms with Gasteiger partial charge in [-0.1, -0.05) is 24.3 Å². The first-order valence-corrected chi connectivity index (χ1v) is 10.3. The molecule has 0 saturated carbocycles. The lowest BCUT2D eigenvalue weighted by molar-refractivity contribution is 0.683. The normalized spacial score (nSPS) is 13.6. The van der Waals surface area contributed by atoms with Gasteiger partial charge in [0.1, 0.15) is 22.0 Å². The number of imidazole rings is 1. The lowest BCUT2D eigenvalue weighted by atomic mass is 10.1. The number of rotatable bonds is 4. The van der Waals surface area contributed by atoms with Gasteiger partial charge in [0.05, 0.1) is 27.4 Å². The SMILES string of the molecule is NS(=O)c1ccc(-c2cnc3ccc(-c4cccc(S(N)=O)c4)nn23)cc1. The van der Waals surface area contributed by atoms with Crippen molar-refractivity contribution in [3.8, 4) is 22.5 Å². The minimum absolute atomic E-state index is 0.533. The quantitative estimate of drug-likeness (QED) is 0.548. The number of benzene rings is 2. The van der Waals surface area contributed by atoms with Crippen LogP contribution in [0.4, 0.5) is 0 Å². The van der Waals surface area contributed by atoms with E-state index in [1.165, 1.54) is 0 Å². The van der Waals surface area contributed by atoms with Gasteiger partial charge in [-0.25, -0.2) is 28.2 Å². The molecular formula is C18H15N5O2S2. The second-order valence-electron chi connectivity index (χ2n) is 5.78. The highest BCUT2D eigenvalue weighted by molar-refractivity contribution is 7.83.